The highest BCUT2D eigenvalue weighted by Crippen LogP contribution is 2.24. The maximum absolute atomic E-state index is 12.4. The van der Waals surface area contributed by atoms with Crippen LogP contribution >= 0.6 is 0 Å². The molecule has 0 unspecified atom stereocenters. The Morgan fingerprint density at radius 2 is 1.82 bits per heavy atom. The lowest BCUT2D eigenvalue weighted by Gasteiger charge is -2.17. The topological polar surface area (TPSA) is 65.2 Å². The molecule has 0 amide bonds. The first-order valence-electron chi connectivity index (χ1n) is 9.59. The van der Waals surface area contributed by atoms with Crippen LogP contribution in [0.1, 0.15) is 25.0 Å². The Bertz CT molecular complexity index is 1040. The summed E-state index contributed by atoms with van der Waals surface area (Å²) in [6, 6.07) is 15.0. The molecule has 0 radical (unpaired) electrons. The maximum Gasteiger partial charge on any atom is 0.255 e. The van der Waals surface area contributed by atoms with Gasteiger partial charge in [-0.3, -0.25) is 4.72 Å². The van der Waals surface area contributed by atoms with Crippen molar-refractivity contribution in [3.8, 4) is 0 Å². The Morgan fingerprint density at radius 1 is 1.07 bits per heavy atom. The lowest BCUT2D eigenvalue weighted by atomic mass is 10.1. The van der Waals surface area contributed by atoms with Gasteiger partial charge in [0.15, 0.2) is 0 Å². The SMILES string of the molecule is CCN(CC)CCc1c[nH]c2ccc(NS(=O)(=O)C=Cc3ccccc3)cc12. The van der Waals surface area contributed by atoms with Gasteiger partial charge in [0, 0.05) is 29.3 Å². The van der Waals surface area contributed by atoms with E-state index in [1.807, 2.05) is 48.7 Å². The predicted octanol–water partition coefficient (Wildman–Crippen LogP) is 4.46. The van der Waals surface area contributed by atoms with Crippen LogP contribution in [0.25, 0.3) is 17.0 Å². The number of aromatic nitrogens is 1. The molecule has 0 atom stereocenters. The van der Waals surface area contributed by atoms with Gasteiger partial charge in [0.2, 0.25) is 0 Å². The van der Waals surface area contributed by atoms with Gasteiger partial charge in [0.05, 0.1) is 5.41 Å². The van der Waals surface area contributed by atoms with Gasteiger partial charge in [-0.05, 0) is 54.9 Å². The molecule has 1 heterocycles. The van der Waals surface area contributed by atoms with Gasteiger partial charge < -0.3 is 9.88 Å². The molecule has 2 aromatic carbocycles. The normalized spacial score (nSPS) is 12.2. The highest BCUT2D eigenvalue weighted by Gasteiger charge is 2.10. The van der Waals surface area contributed by atoms with Crippen molar-refractivity contribution < 1.29 is 8.42 Å². The van der Waals surface area contributed by atoms with Crippen molar-refractivity contribution in [2.24, 2.45) is 0 Å². The van der Waals surface area contributed by atoms with E-state index >= 15 is 0 Å². The van der Waals surface area contributed by atoms with Crippen molar-refractivity contribution in [3.63, 3.8) is 0 Å². The summed E-state index contributed by atoms with van der Waals surface area (Å²) >= 11 is 0. The number of aromatic amines is 1. The molecule has 0 aliphatic rings. The fraction of sp³-hybridized carbons (Fsp3) is 0.273. The number of fused-ring (bicyclic) bond motifs is 1. The number of likely N-dealkylation sites (N-methyl/N-ethyl adjacent to an activating group) is 1. The number of hydrogen-bond acceptors (Lipinski definition) is 3. The first-order valence-corrected chi connectivity index (χ1v) is 11.1. The molecule has 0 saturated carbocycles. The minimum absolute atomic E-state index is 0.564. The van der Waals surface area contributed by atoms with E-state index in [1.54, 1.807) is 12.1 Å². The summed E-state index contributed by atoms with van der Waals surface area (Å²) in [6.45, 7) is 7.36. The van der Waals surface area contributed by atoms with E-state index in [2.05, 4.69) is 28.5 Å². The lowest BCUT2D eigenvalue weighted by molar-refractivity contribution is 0.308. The van der Waals surface area contributed by atoms with Crippen LogP contribution in [0.4, 0.5) is 5.69 Å². The maximum atomic E-state index is 12.4. The Kier molecular flexibility index (Phi) is 6.54. The zero-order valence-corrected chi connectivity index (χ0v) is 17.2. The van der Waals surface area contributed by atoms with E-state index in [9.17, 15) is 8.42 Å². The van der Waals surface area contributed by atoms with Crippen LogP contribution in [-0.2, 0) is 16.4 Å². The van der Waals surface area contributed by atoms with Gasteiger partial charge in [0.25, 0.3) is 10.0 Å². The van der Waals surface area contributed by atoms with Gasteiger partial charge in [-0.1, -0.05) is 44.2 Å². The zero-order chi connectivity index (χ0) is 20.0. The molecule has 1 aromatic heterocycles. The van der Waals surface area contributed by atoms with E-state index in [4.69, 9.17) is 0 Å². The molecule has 3 aromatic rings. The monoisotopic (exact) mass is 397 g/mol. The van der Waals surface area contributed by atoms with E-state index < -0.39 is 10.0 Å². The van der Waals surface area contributed by atoms with Gasteiger partial charge in [-0.15, -0.1) is 0 Å². The summed E-state index contributed by atoms with van der Waals surface area (Å²) in [7, 11) is -3.58. The molecule has 28 heavy (non-hydrogen) atoms. The molecule has 0 saturated heterocycles. The zero-order valence-electron chi connectivity index (χ0n) is 16.4. The van der Waals surface area contributed by atoms with Gasteiger partial charge >= 0.3 is 0 Å². The summed E-state index contributed by atoms with van der Waals surface area (Å²) < 4.78 is 27.5. The molecule has 148 valence electrons. The second-order valence-corrected chi connectivity index (χ2v) is 8.28. The standard InChI is InChI=1S/C22H27N3O2S/c1-3-25(4-2)14-12-19-17-23-22-11-10-20(16-21(19)22)24-28(26,27)15-13-18-8-6-5-7-9-18/h5-11,13,15-17,23-24H,3-4,12,14H2,1-2H3. The molecule has 5 nitrogen and oxygen atoms in total. The van der Waals surface area contributed by atoms with Crippen LogP contribution in [0.2, 0.25) is 0 Å². The minimum atomic E-state index is -3.58. The average Bonchev–Trinajstić information content (AvgIpc) is 3.10. The summed E-state index contributed by atoms with van der Waals surface area (Å²) in [6.07, 6.45) is 4.53. The van der Waals surface area contributed by atoms with Crippen LogP contribution in [0.15, 0.2) is 60.1 Å². The third-order valence-corrected chi connectivity index (χ3v) is 5.87. The first kappa shape index (κ1) is 20.2. The average molecular weight is 398 g/mol. The largest absolute Gasteiger partial charge is 0.361 e. The summed E-state index contributed by atoms with van der Waals surface area (Å²) in [5.41, 5.74) is 3.61. The van der Waals surface area contributed by atoms with E-state index in [0.29, 0.717) is 5.69 Å². The number of rotatable bonds is 9. The summed E-state index contributed by atoms with van der Waals surface area (Å²) in [4.78, 5) is 5.65. The number of anilines is 1. The minimum Gasteiger partial charge on any atom is -0.361 e. The van der Waals surface area contributed by atoms with Gasteiger partial charge in [-0.25, -0.2) is 8.42 Å². The quantitative estimate of drug-likeness (QED) is 0.560. The molecule has 2 N–H and O–H groups in total. The predicted molar refractivity (Wildman–Crippen MR) is 118 cm³/mol. The number of nitrogens with one attached hydrogen (secondary N) is 2. The molecule has 0 fully saturated rings. The number of nitrogens with zero attached hydrogens (tertiary/aromatic N) is 1. The molecule has 0 spiro atoms. The number of H-pyrrole nitrogens is 1. The molecule has 0 aliphatic carbocycles. The van der Waals surface area contributed by atoms with Crippen molar-refractivity contribution in [2.75, 3.05) is 24.4 Å². The third kappa shape index (κ3) is 5.24. The van der Waals surface area contributed by atoms with Gasteiger partial charge in [-0.2, -0.15) is 0 Å². The van der Waals surface area contributed by atoms with Crippen LogP contribution in [-0.4, -0.2) is 37.9 Å². The van der Waals surface area contributed by atoms with Crippen LogP contribution in [0, 0.1) is 0 Å². The fourth-order valence-electron chi connectivity index (χ4n) is 3.20. The van der Waals surface area contributed by atoms with Crippen molar-refractivity contribution in [1.82, 2.24) is 9.88 Å². The van der Waals surface area contributed by atoms with Gasteiger partial charge in [0.1, 0.15) is 0 Å². The Morgan fingerprint density at radius 3 is 2.54 bits per heavy atom. The molecule has 6 heteroatoms. The molecular weight excluding hydrogens is 370 g/mol. The van der Waals surface area contributed by atoms with E-state index in [1.165, 1.54) is 11.0 Å². The number of sulfonamides is 1. The van der Waals surface area contributed by atoms with Crippen LogP contribution < -0.4 is 4.72 Å². The van der Waals surface area contributed by atoms with Crippen LogP contribution in [0.3, 0.4) is 0 Å². The van der Waals surface area contributed by atoms with Crippen molar-refractivity contribution in [3.05, 3.63) is 71.3 Å². The second-order valence-electron chi connectivity index (χ2n) is 6.71. The third-order valence-electron chi connectivity index (χ3n) is 4.86. The summed E-state index contributed by atoms with van der Waals surface area (Å²) in [5.74, 6) is 0. The Hall–Kier alpha value is -2.57. The van der Waals surface area contributed by atoms with E-state index in [0.717, 1.165) is 42.5 Å². The Balaban J connectivity index is 1.76. The smallest absolute Gasteiger partial charge is 0.255 e. The molecule has 3 rings (SSSR count). The second kappa shape index (κ2) is 9.08. The van der Waals surface area contributed by atoms with Crippen molar-refractivity contribution in [2.45, 2.75) is 20.3 Å². The molecule has 0 bridgehead atoms. The lowest BCUT2D eigenvalue weighted by Crippen LogP contribution is -2.25. The van der Waals surface area contributed by atoms with Crippen molar-refractivity contribution in [1.29, 1.82) is 0 Å². The highest BCUT2D eigenvalue weighted by molar-refractivity contribution is 7.95. The fourth-order valence-corrected chi connectivity index (χ4v) is 4.06. The van der Waals surface area contributed by atoms with E-state index in [-0.39, 0.29) is 0 Å². The first-order chi connectivity index (χ1) is 13.5. The Labute approximate surface area is 167 Å². The van der Waals surface area contributed by atoms with Crippen molar-refractivity contribution >= 4 is 32.7 Å². The number of benzene rings is 2. The summed E-state index contributed by atoms with van der Waals surface area (Å²) in [5, 5.41) is 2.25. The molecule has 0 aliphatic heterocycles. The van der Waals surface area contributed by atoms with Crippen LogP contribution in [0.5, 0.6) is 0 Å². The highest BCUT2D eigenvalue weighted by atomic mass is 32.2. The molecular formula is C22H27N3O2S. The number of hydrogen-bond donors (Lipinski definition) is 2.